The van der Waals surface area contributed by atoms with Crippen molar-refractivity contribution in [2.24, 2.45) is 5.84 Å². The summed E-state index contributed by atoms with van der Waals surface area (Å²) in [5, 5.41) is 0. The van der Waals surface area contributed by atoms with Crippen LogP contribution in [-0.2, 0) is 6.54 Å². The van der Waals surface area contributed by atoms with Gasteiger partial charge in [-0.15, -0.1) is 12.4 Å². The second-order valence-electron chi connectivity index (χ2n) is 3.08. The predicted molar refractivity (Wildman–Crippen MR) is 58.9 cm³/mol. The zero-order valence-corrected chi connectivity index (χ0v) is 8.77. The minimum absolute atomic E-state index is 0. The van der Waals surface area contributed by atoms with Crippen LogP contribution in [0.5, 0.6) is 0 Å². The first kappa shape index (κ1) is 12.2. The van der Waals surface area contributed by atoms with Gasteiger partial charge in [0.1, 0.15) is 0 Å². The Bertz CT molecular complexity index is 233. The first-order chi connectivity index (χ1) is 5.72. The molecule has 1 rings (SSSR count). The zero-order chi connectivity index (χ0) is 8.97. The molecule has 0 unspecified atom stereocenters. The molecule has 0 bridgehead atoms. The molecule has 3 nitrogen and oxygen atoms in total. The van der Waals surface area contributed by atoms with Gasteiger partial charge >= 0.3 is 0 Å². The number of nitrogens with two attached hydrogens (primary N) is 1. The lowest BCUT2D eigenvalue weighted by Crippen LogP contribution is -2.11. The van der Waals surface area contributed by atoms with Crippen LogP contribution < -0.4 is 11.3 Å². The van der Waals surface area contributed by atoms with E-state index in [4.69, 9.17) is 5.84 Å². The largest absolute Gasteiger partial charge is 0.324 e. The molecule has 0 aliphatic rings. The third-order valence-electron chi connectivity index (χ3n) is 1.62. The van der Waals surface area contributed by atoms with Gasteiger partial charge < -0.3 is 10.3 Å². The van der Waals surface area contributed by atoms with Gasteiger partial charge in [0.2, 0.25) is 0 Å². The Hall–Kier alpha value is -0.770. The van der Waals surface area contributed by atoms with Gasteiger partial charge in [0.05, 0.1) is 0 Å². The Morgan fingerprint density at radius 1 is 1.23 bits per heavy atom. The third kappa shape index (κ3) is 4.12. The van der Waals surface area contributed by atoms with E-state index in [1.54, 1.807) is 0 Å². The normalized spacial score (nSPS) is 9.54. The van der Waals surface area contributed by atoms with E-state index >= 15 is 0 Å². The molecule has 0 aromatic heterocycles. The highest BCUT2D eigenvalue weighted by molar-refractivity contribution is 5.85. The maximum atomic E-state index is 5.24. The average molecular weight is 202 g/mol. The zero-order valence-electron chi connectivity index (χ0n) is 7.95. The van der Waals surface area contributed by atoms with E-state index in [-0.39, 0.29) is 12.4 Å². The van der Waals surface area contributed by atoms with E-state index in [0.29, 0.717) is 0 Å². The highest BCUT2D eigenvalue weighted by atomic mass is 35.5. The van der Waals surface area contributed by atoms with E-state index in [9.17, 15) is 0 Å². The Labute approximate surface area is 85.3 Å². The number of nitrogens with one attached hydrogen (secondary N) is 1. The Morgan fingerprint density at radius 2 is 1.77 bits per heavy atom. The molecule has 0 spiro atoms. The van der Waals surface area contributed by atoms with Gasteiger partial charge in [-0.2, -0.15) is 0 Å². The standard InChI is InChI=1S/C9H15N3.ClH/c1-12(2)7-8-3-5-9(11-10)6-4-8;/h3-6,11H,7,10H2,1-2H3;1H. The maximum Gasteiger partial charge on any atom is 0.0485 e. The van der Waals surface area contributed by atoms with Gasteiger partial charge in [-0.1, -0.05) is 12.1 Å². The minimum Gasteiger partial charge on any atom is -0.324 e. The number of hydrogen-bond acceptors (Lipinski definition) is 3. The number of hydrogen-bond donors (Lipinski definition) is 2. The smallest absolute Gasteiger partial charge is 0.0485 e. The van der Waals surface area contributed by atoms with E-state index in [1.807, 2.05) is 12.1 Å². The average Bonchev–Trinajstić information content (AvgIpc) is 2.05. The molecule has 1 aromatic rings. The van der Waals surface area contributed by atoms with Crippen molar-refractivity contribution in [1.29, 1.82) is 0 Å². The molecule has 0 saturated heterocycles. The molecule has 74 valence electrons. The van der Waals surface area contributed by atoms with Crippen LogP contribution >= 0.6 is 12.4 Å². The summed E-state index contributed by atoms with van der Waals surface area (Å²) in [7, 11) is 4.10. The fourth-order valence-corrected chi connectivity index (χ4v) is 1.07. The van der Waals surface area contributed by atoms with Gasteiger partial charge in [-0.05, 0) is 31.8 Å². The second-order valence-corrected chi connectivity index (χ2v) is 3.08. The summed E-state index contributed by atoms with van der Waals surface area (Å²) in [4.78, 5) is 2.13. The van der Waals surface area contributed by atoms with Crippen LogP contribution in [0.3, 0.4) is 0 Å². The van der Waals surface area contributed by atoms with Gasteiger partial charge in [0.15, 0.2) is 0 Å². The summed E-state index contributed by atoms with van der Waals surface area (Å²) < 4.78 is 0. The summed E-state index contributed by atoms with van der Waals surface area (Å²) >= 11 is 0. The molecular weight excluding hydrogens is 186 g/mol. The molecule has 1 aromatic carbocycles. The molecule has 0 aliphatic carbocycles. The van der Waals surface area contributed by atoms with E-state index < -0.39 is 0 Å². The lowest BCUT2D eigenvalue weighted by atomic mass is 10.2. The molecule has 0 saturated carbocycles. The number of nitrogen functional groups attached to an aromatic ring is 1. The van der Waals surface area contributed by atoms with Gasteiger partial charge in [-0.3, -0.25) is 5.84 Å². The SMILES string of the molecule is CN(C)Cc1ccc(NN)cc1.Cl. The molecule has 0 heterocycles. The molecule has 0 radical (unpaired) electrons. The first-order valence-electron chi connectivity index (χ1n) is 3.92. The van der Waals surface area contributed by atoms with Crippen molar-refractivity contribution in [1.82, 2.24) is 4.90 Å². The minimum atomic E-state index is 0. The van der Waals surface area contributed by atoms with Crippen molar-refractivity contribution in [3.63, 3.8) is 0 Å². The molecule has 0 fully saturated rings. The number of rotatable bonds is 3. The highest BCUT2D eigenvalue weighted by Crippen LogP contribution is 2.08. The summed E-state index contributed by atoms with van der Waals surface area (Å²) in [6.45, 7) is 0.963. The maximum absolute atomic E-state index is 5.24. The number of halogens is 1. The van der Waals surface area contributed by atoms with Crippen molar-refractivity contribution in [3.8, 4) is 0 Å². The molecule has 0 atom stereocenters. The van der Waals surface area contributed by atoms with Gasteiger partial charge in [0, 0.05) is 12.2 Å². The summed E-state index contributed by atoms with van der Waals surface area (Å²) in [5.41, 5.74) is 4.83. The van der Waals surface area contributed by atoms with Gasteiger partial charge in [-0.25, -0.2) is 0 Å². The molecule has 0 amide bonds. The predicted octanol–water partition coefficient (Wildman–Crippen LogP) is 1.46. The quantitative estimate of drug-likeness (QED) is 0.575. The van der Waals surface area contributed by atoms with Crippen LogP contribution in [0, 0.1) is 0 Å². The van der Waals surface area contributed by atoms with E-state index in [2.05, 4.69) is 36.6 Å². The second kappa shape index (κ2) is 5.80. The summed E-state index contributed by atoms with van der Waals surface area (Å²) in [6.07, 6.45) is 0. The molecule has 0 aliphatic heterocycles. The number of benzene rings is 1. The summed E-state index contributed by atoms with van der Waals surface area (Å²) in [6, 6.07) is 8.07. The fraction of sp³-hybridized carbons (Fsp3) is 0.333. The van der Waals surface area contributed by atoms with E-state index in [1.165, 1.54) is 5.56 Å². The summed E-state index contributed by atoms with van der Waals surface area (Å²) in [5.74, 6) is 5.24. The van der Waals surface area contributed by atoms with Crippen molar-refractivity contribution in [3.05, 3.63) is 29.8 Å². The van der Waals surface area contributed by atoms with Crippen LogP contribution in [-0.4, -0.2) is 19.0 Å². The third-order valence-corrected chi connectivity index (χ3v) is 1.62. The monoisotopic (exact) mass is 201 g/mol. The Kier molecular flexibility index (Phi) is 5.46. The highest BCUT2D eigenvalue weighted by Gasteiger charge is 1.94. The fourth-order valence-electron chi connectivity index (χ4n) is 1.07. The Balaban J connectivity index is 0.00000144. The van der Waals surface area contributed by atoms with Crippen molar-refractivity contribution in [2.75, 3.05) is 19.5 Å². The molecule has 13 heavy (non-hydrogen) atoms. The molecule has 4 heteroatoms. The van der Waals surface area contributed by atoms with Crippen LogP contribution in [0.2, 0.25) is 0 Å². The van der Waals surface area contributed by atoms with E-state index in [0.717, 1.165) is 12.2 Å². The van der Waals surface area contributed by atoms with Crippen LogP contribution in [0.1, 0.15) is 5.56 Å². The number of hydrazine groups is 1. The first-order valence-corrected chi connectivity index (χ1v) is 3.92. The van der Waals surface area contributed by atoms with Crippen molar-refractivity contribution in [2.45, 2.75) is 6.54 Å². The van der Waals surface area contributed by atoms with Crippen LogP contribution in [0.4, 0.5) is 5.69 Å². The number of anilines is 1. The lowest BCUT2D eigenvalue weighted by molar-refractivity contribution is 0.402. The van der Waals surface area contributed by atoms with Crippen molar-refractivity contribution < 1.29 is 0 Å². The lowest BCUT2D eigenvalue weighted by Gasteiger charge is -2.09. The molecule has 3 N–H and O–H groups in total. The van der Waals surface area contributed by atoms with Crippen LogP contribution in [0.15, 0.2) is 24.3 Å². The van der Waals surface area contributed by atoms with Gasteiger partial charge in [0.25, 0.3) is 0 Å². The van der Waals surface area contributed by atoms with Crippen molar-refractivity contribution >= 4 is 18.1 Å². The molecular formula is C9H16ClN3. The topological polar surface area (TPSA) is 41.3 Å². The number of nitrogens with zero attached hydrogens (tertiary/aromatic N) is 1. The van der Waals surface area contributed by atoms with Crippen LogP contribution in [0.25, 0.3) is 0 Å². The Morgan fingerprint density at radius 3 is 2.15 bits per heavy atom.